The molecule has 0 saturated carbocycles. The van der Waals surface area contributed by atoms with Crippen molar-refractivity contribution in [3.63, 3.8) is 0 Å². The largest absolute Gasteiger partial charge is 0.475 e. The average Bonchev–Trinajstić information content (AvgIpc) is 2.96. The summed E-state index contributed by atoms with van der Waals surface area (Å²) in [6, 6.07) is -0.337. The highest BCUT2D eigenvalue weighted by molar-refractivity contribution is 6.23. The molecule has 3 atom stereocenters. The minimum Gasteiger partial charge on any atom is -0.475 e. The van der Waals surface area contributed by atoms with E-state index in [4.69, 9.17) is 9.26 Å². The molecule has 1 N–H and O–H groups in total. The molecule has 0 radical (unpaired) electrons. The van der Waals surface area contributed by atoms with Gasteiger partial charge in [0.15, 0.2) is 17.1 Å². The van der Waals surface area contributed by atoms with E-state index in [0.29, 0.717) is 18.8 Å². The number of carbonyl (C=O) groups is 2. The fraction of sp³-hybridized carbons (Fsp3) is 0.611. The monoisotopic (exact) mass is 346 g/mol. The molecule has 7 nitrogen and oxygen atoms in total. The molecule has 1 aromatic rings. The molecule has 7 heteroatoms. The Morgan fingerprint density at radius 2 is 2.24 bits per heavy atom. The lowest BCUT2D eigenvalue weighted by molar-refractivity contribution is -0.139. The first-order valence-electron chi connectivity index (χ1n) is 8.93. The van der Waals surface area contributed by atoms with Gasteiger partial charge in [0.2, 0.25) is 5.78 Å². The predicted molar refractivity (Wildman–Crippen MR) is 87.4 cm³/mol. The van der Waals surface area contributed by atoms with E-state index in [-0.39, 0.29) is 17.5 Å². The van der Waals surface area contributed by atoms with Crippen LogP contribution in [0.4, 0.5) is 0 Å². The Balaban J connectivity index is 1.79. The summed E-state index contributed by atoms with van der Waals surface area (Å²) in [7, 11) is 0. The number of hydrogen-bond acceptors (Lipinski definition) is 7. The Bertz CT molecular complexity index is 736. The third-order valence-corrected chi connectivity index (χ3v) is 5.50. The molecule has 1 fully saturated rings. The number of nitrogens with zero attached hydrogens (tertiary/aromatic N) is 2. The van der Waals surface area contributed by atoms with Crippen molar-refractivity contribution in [3.05, 3.63) is 23.5 Å². The van der Waals surface area contributed by atoms with Gasteiger partial charge in [0.1, 0.15) is 5.56 Å². The zero-order valence-corrected chi connectivity index (χ0v) is 14.2. The van der Waals surface area contributed by atoms with Crippen molar-refractivity contribution in [2.75, 3.05) is 19.7 Å². The second kappa shape index (κ2) is 6.07. The number of unbranched alkanes of at least 4 members (excludes halogenated alkanes) is 1. The molecule has 1 unspecified atom stereocenters. The molecule has 134 valence electrons. The number of ketones is 2. The van der Waals surface area contributed by atoms with Crippen molar-refractivity contribution >= 4 is 11.6 Å². The topological polar surface area (TPSA) is 92.9 Å². The van der Waals surface area contributed by atoms with E-state index in [1.165, 1.54) is 6.08 Å². The lowest BCUT2D eigenvalue weighted by atomic mass is 9.64. The van der Waals surface area contributed by atoms with Crippen molar-refractivity contribution in [1.29, 1.82) is 0 Å². The fourth-order valence-electron chi connectivity index (χ4n) is 3.96. The van der Waals surface area contributed by atoms with Crippen molar-refractivity contribution < 1.29 is 24.0 Å². The van der Waals surface area contributed by atoms with E-state index in [0.717, 1.165) is 32.4 Å². The minimum atomic E-state index is -2.06. The molecule has 25 heavy (non-hydrogen) atoms. The lowest BCUT2D eigenvalue weighted by Gasteiger charge is -2.48. The van der Waals surface area contributed by atoms with Crippen molar-refractivity contribution in [3.8, 4) is 5.88 Å². The molecule has 1 saturated heterocycles. The van der Waals surface area contributed by atoms with Crippen LogP contribution in [0.2, 0.25) is 0 Å². The van der Waals surface area contributed by atoms with Gasteiger partial charge in [-0.15, -0.1) is 0 Å². The van der Waals surface area contributed by atoms with Gasteiger partial charge in [-0.25, -0.2) is 0 Å². The molecule has 0 spiro atoms. The number of rotatable bonds is 5. The van der Waals surface area contributed by atoms with Gasteiger partial charge in [0.05, 0.1) is 12.6 Å². The Morgan fingerprint density at radius 3 is 2.92 bits per heavy atom. The molecule has 2 heterocycles. The normalized spacial score (nSPS) is 31.4. The van der Waals surface area contributed by atoms with Crippen molar-refractivity contribution in [2.24, 2.45) is 5.92 Å². The maximum atomic E-state index is 13.1. The fourth-order valence-corrected chi connectivity index (χ4v) is 3.96. The van der Waals surface area contributed by atoms with E-state index < -0.39 is 23.1 Å². The van der Waals surface area contributed by atoms with E-state index in [9.17, 15) is 14.7 Å². The number of Topliss-reactive ketones (excluding diaryl/α,β-unsaturated/α-hetero) is 1. The molecule has 1 aliphatic heterocycles. The van der Waals surface area contributed by atoms with Crippen LogP contribution in [0.3, 0.4) is 0 Å². The second-order valence-electron chi connectivity index (χ2n) is 6.97. The lowest BCUT2D eigenvalue weighted by Crippen LogP contribution is -2.61. The van der Waals surface area contributed by atoms with Gasteiger partial charge in [-0.3, -0.25) is 14.5 Å². The van der Waals surface area contributed by atoms with Crippen LogP contribution < -0.4 is 4.74 Å². The summed E-state index contributed by atoms with van der Waals surface area (Å²) in [6.07, 6.45) is 6.28. The standard InChI is InChI=1S/C18H22N2O5/c1-2-3-10-24-17-13-15(25-19-17)14(20-8-5-9-20)11-6-4-7-12(21)18(11,23)16(13)22/h4,7,11,14,23H,2-3,5-6,8-10H2,1H3/t11?,14-,18+/m0/s1. The highest BCUT2D eigenvalue weighted by Crippen LogP contribution is 2.50. The molecule has 0 bridgehead atoms. The number of likely N-dealkylation sites (tertiary alicyclic amines) is 1. The first kappa shape index (κ1) is 16.5. The Morgan fingerprint density at radius 1 is 1.44 bits per heavy atom. The van der Waals surface area contributed by atoms with Gasteiger partial charge in [0, 0.05) is 19.0 Å². The summed E-state index contributed by atoms with van der Waals surface area (Å²) in [5, 5.41) is 15.1. The zero-order chi connectivity index (χ0) is 17.6. The first-order valence-corrected chi connectivity index (χ1v) is 8.93. The SMILES string of the molecule is CCCCOc1noc2c1C(=O)[C@]1(O)C(=O)C=CCC1[C@@H]2N1CCC1. The first-order chi connectivity index (χ1) is 12.1. The van der Waals surface area contributed by atoms with Crippen molar-refractivity contribution in [2.45, 2.75) is 44.2 Å². The third kappa shape index (κ3) is 2.29. The molecule has 0 aromatic carbocycles. The van der Waals surface area contributed by atoms with E-state index in [1.807, 2.05) is 6.92 Å². The number of carbonyl (C=O) groups excluding carboxylic acids is 2. The quantitative estimate of drug-likeness (QED) is 0.640. The minimum absolute atomic E-state index is 0.0909. The Kier molecular flexibility index (Phi) is 4.00. The van der Waals surface area contributed by atoms with Gasteiger partial charge in [-0.1, -0.05) is 19.4 Å². The number of allylic oxidation sites excluding steroid dienone is 1. The van der Waals surface area contributed by atoms with Crippen LogP contribution in [0, 0.1) is 5.92 Å². The molecule has 4 rings (SSSR count). The zero-order valence-electron chi connectivity index (χ0n) is 14.2. The predicted octanol–water partition coefficient (Wildman–Crippen LogP) is 1.67. The molecule has 1 aromatic heterocycles. The van der Waals surface area contributed by atoms with Crippen LogP contribution in [0.1, 0.15) is 54.8 Å². The molecule has 0 amide bonds. The van der Waals surface area contributed by atoms with Crippen LogP contribution in [0.5, 0.6) is 5.88 Å². The molecule has 3 aliphatic rings. The number of aromatic nitrogens is 1. The maximum absolute atomic E-state index is 13.1. The highest BCUT2D eigenvalue weighted by Gasteiger charge is 2.61. The molecular formula is C18H22N2O5. The van der Waals surface area contributed by atoms with Gasteiger partial charge < -0.3 is 14.4 Å². The van der Waals surface area contributed by atoms with Crippen LogP contribution in [-0.2, 0) is 4.79 Å². The highest BCUT2D eigenvalue weighted by atomic mass is 16.5. The number of hydrogen-bond donors (Lipinski definition) is 1. The second-order valence-corrected chi connectivity index (χ2v) is 6.97. The maximum Gasteiger partial charge on any atom is 0.265 e. The number of aliphatic hydroxyl groups is 1. The Labute approximate surface area is 145 Å². The molecular weight excluding hydrogens is 324 g/mol. The summed E-state index contributed by atoms with van der Waals surface area (Å²) in [5.74, 6) is -1.25. The smallest absolute Gasteiger partial charge is 0.265 e. The van der Waals surface area contributed by atoms with Crippen LogP contribution in [0.15, 0.2) is 16.7 Å². The van der Waals surface area contributed by atoms with Gasteiger partial charge in [-0.05, 0) is 30.5 Å². The van der Waals surface area contributed by atoms with E-state index in [2.05, 4.69) is 10.1 Å². The summed E-state index contributed by atoms with van der Waals surface area (Å²) in [6.45, 7) is 4.13. The summed E-state index contributed by atoms with van der Waals surface area (Å²) >= 11 is 0. The van der Waals surface area contributed by atoms with Gasteiger partial charge in [0.25, 0.3) is 5.88 Å². The summed E-state index contributed by atoms with van der Waals surface area (Å²) < 4.78 is 11.1. The summed E-state index contributed by atoms with van der Waals surface area (Å²) in [4.78, 5) is 27.7. The number of ether oxygens (including phenoxy) is 1. The van der Waals surface area contributed by atoms with Gasteiger partial charge in [-0.2, -0.15) is 0 Å². The molecule has 2 aliphatic carbocycles. The van der Waals surface area contributed by atoms with E-state index in [1.54, 1.807) is 6.08 Å². The van der Waals surface area contributed by atoms with Crippen molar-refractivity contribution in [1.82, 2.24) is 10.1 Å². The van der Waals surface area contributed by atoms with E-state index >= 15 is 0 Å². The Hall–Kier alpha value is -1.99. The number of fused-ring (bicyclic) bond motifs is 2. The van der Waals surface area contributed by atoms with Crippen LogP contribution >= 0.6 is 0 Å². The average molecular weight is 346 g/mol. The van der Waals surface area contributed by atoms with Gasteiger partial charge >= 0.3 is 0 Å². The third-order valence-electron chi connectivity index (χ3n) is 5.50. The summed E-state index contributed by atoms with van der Waals surface area (Å²) in [5.41, 5.74) is -1.92. The van der Waals surface area contributed by atoms with Crippen LogP contribution in [0.25, 0.3) is 0 Å². The van der Waals surface area contributed by atoms with Crippen LogP contribution in [-0.4, -0.2) is 52.0 Å².